The van der Waals surface area contributed by atoms with E-state index in [1.54, 1.807) is 6.07 Å². The Morgan fingerprint density at radius 2 is 2.00 bits per heavy atom. The molecule has 3 aromatic rings. The van der Waals surface area contributed by atoms with Crippen LogP contribution in [0, 0.1) is 12.7 Å². The van der Waals surface area contributed by atoms with Gasteiger partial charge in [-0.2, -0.15) is 9.61 Å². The molecule has 156 valence electrons. The van der Waals surface area contributed by atoms with Crippen LogP contribution in [0.5, 0.6) is 0 Å². The van der Waals surface area contributed by atoms with E-state index in [0.717, 1.165) is 35.6 Å². The molecule has 2 fully saturated rings. The van der Waals surface area contributed by atoms with Gasteiger partial charge in [-0.15, -0.1) is 0 Å². The second-order valence-electron chi connectivity index (χ2n) is 7.88. The van der Waals surface area contributed by atoms with E-state index < -0.39 is 0 Å². The van der Waals surface area contributed by atoms with Gasteiger partial charge in [0.1, 0.15) is 17.7 Å². The Bertz CT molecular complexity index is 1080. The molecule has 8 heteroatoms. The van der Waals surface area contributed by atoms with Crippen LogP contribution in [0.1, 0.15) is 18.5 Å². The summed E-state index contributed by atoms with van der Waals surface area (Å²) in [6.45, 7) is 5.37. The van der Waals surface area contributed by atoms with Gasteiger partial charge in [-0.05, 0) is 31.9 Å². The second-order valence-corrected chi connectivity index (χ2v) is 7.88. The van der Waals surface area contributed by atoms with E-state index in [4.69, 9.17) is 9.84 Å². The number of hydrogen-bond acceptors (Lipinski definition) is 5. The Hall–Kier alpha value is -3.00. The first kappa shape index (κ1) is 19.0. The lowest BCUT2D eigenvalue weighted by atomic mass is 10.1. The summed E-state index contributed by atoms with van der Waals surface area (Å²) in [5.41, 5.74) is 3.01. The number of hydrogen-bond donors (Lipinski definition) is 0. The van der Waals surface area contributed by atoms with Crippen molar-refractivity contribution in [3.8, 4) is 11.3 Å². The molecule has 7 nitrogen and oxygen atoms in total. The number of fused-ring (bicyclic) bond motifs is 1. The molecule has 0 aliphatic carbocycles. The number of rotatable bonds is 3. The largest absolute Gasteiger partial charge is 0.368 e. The van der Waals surface area contributed by atoms with Gasteiger partial charge in [0.15, 0.2) is 5.65 Å². The molecule has 2 aromatic heterocycles. The van der Waals surface area contributed by atoms with Crippen molar-refractivity contribution in [1.82, 2.24) is 19.5 Å². The van der Waals surface area contributed by atoms with Gasteiger partial charge in [0.05, 0.1) is 5.69 Å². The van der Waals surface area contributed by atoms with E-state index in [2.05, 4.69) is 9.88 Å². The van der Waals surface area contributed by atoms with Gasteiger partial charge in [0, 0.05) is 56.2 Å². The van der Waals surface area contributed by atoms with Gasteiger partial charge in [0.25, 0.3) is 5.91 Å². The SMILES string of the molecule is Cc1cc(N2CCN(C(=O)[C@@H]3CCCO3)CC2)n2nc(-c3cccc(F)c3)cc2n1. The summed E-state index contributed by atoms with van der Waals surface area (Å²) in [5.74, 6) is 0.751. The van der Waals surface area contributed by atoms with Crippen LogP contribution in [0.3, 0.4) is 0 Å². The first-order valence-corrected chi connectivity index (χ1v) is 10.4. The smallest absolute Gasteiger partial charge is 0.251 e. The molecule has 5 rings (SSSR count). The quantitative estimate of drug-likeness (QED) is 0.666. The van der Waals surface area contributed by atoms with Crippen molar-refractivity contribution in [1.29, 1.82) is 0 Å². The van der Waals surface area contributed by atoms with Crippen molar-refractivity contribution in [2.24, 2.45) is 0 Å². The summed E-state index contributed by atoms with van der Waals surface area (Å²) in [7, 11) is 0. The highest BCUT2D eigenvalue weighted by molar-refractivity contribution is 5.81. The highest BCUT2D eigenvalue weighted by Crippen LogP contribution is 2.25. The van der Waals surface area contributed by atoms with E-state index in [1.165, 1.54) is 12.1 Å². The number of nitrogens with zero attached hydrogens (tertiary/aromatic N) is 5. The molecule has 2 saturated heterocycles. The Labute approximate surface area is 174 Å². The summed E-state index contributed by atoms with van der Waals surface area (Å²) >= 11 is 0. The van der Waals surface area contributed by atoms with Gasteiger partial charge >= 0.3 is 0 Å². The average molecular weight is 409 g/mol. The van der Waals surface area contributed by atoms with Crippen LogP contribution in [-0.2, 0) is 9.53 Å². The lowest BCUT2D eigenvalue weighted by molar-refractivity contribution is -0.141. The monoisotopic (exact) mass is 409 g/mol. The summed E-state index contributed by atoms with van der Waals surface area (Å²) < 4.78 is 21.0. The molecule has 30 heavy (non-hydrogen) atoms. The van der Waals surface area contributed by atoms with Gasteiger partial charge in [-0.25, -0.2) is 9.37 Å². The molecule has 4 heterocycles. The maximum atomic E-state index is 13.7. The molecule has 0 spiro atoms. The zero-order valence-electron chi connectivity index (χ0n) is 16.9. The van der Waals surface area contributed by atoms with Crippen molar-refractivity contribution < 1.29 is 13.9 Å². The van der Waals surface area contributed by atoms with Gasteiger partial charge < -0.3 is 14.5 Å². The first-order chi connectivity index (χ1) is 14.6. The number of benzene rings is 1. The predicted molar refractivity (Wildman–Crippen MR) is 111 cm³/mol. The maximum Gasteiger partial charge on any atom is 0.251 e. The molecule has 0 unspecified atom stereocenters. The predicted octanol–water partition coefficient (Wildman–Crippen LogP) is 2.67. The Balaban J connectivity index is 1.40. The van der Waals surface area contributed by atoms with E-state index >= 15 is 0 Å². The number of carbonyl (C=O) groups excluding carboxylic acids is 1. The molecule has 1 atom stereocenters. The normalized spacial score (nSPS) is 19.6. The second kappa shape index (κ2) is 7.68. The van der Waals surface area contributed by atoms with E-state index in [1.807, 2.05) is 34.5 Å². The molecule has 1 aromatic carbocycles. The lowest BCUT2D eigenvalue weighted by Crippen LogP contribution is -2.51. The number of aromatic nitrogens is 3. The maximum absolute atomic E-state index is 13.7. The van der Waals surface area contributed by atoms with Crippen molar-refractivity contribution >= 4 is 17.4 Å². The topological polar surface area (TPSA) is 63.0 Å². The van der Waals surface area contributed by atoms with E-state index in [0.29, 0.717) is 38.5 Å². The fourth-order valence-electron chi connectivity index (χ4n) is 4.23. The van der Waals surface area contributed by atoms with Gasteiger partial charge in [-0.3, -0.25) is 4.79 Å². The molecule has 0 saturated carbocycles. The van der Waals surface area contributed by atoms with Crippen LogP contribution in [-0.4, -0.2) is 64.3 Å². The molecule has 1 amide bonds. The van der Waals surface area contributed by atoms with Gasteiger partial charge in [0.2, 0.25) is 0 Å². The highest BCUT2D eigenvalue weighted by Gasteiger charge is 2.31. The Kier molecular flexibility index (Phi) is 4.86. The van der Waals surface area contributed by atoms with Crippen molar-refractivity contribution in [2.45, 2.75) is 25.9 Å². The number of ether oxygens (including phenoxy) is 1. The van der Waals surface area contributed by atoms with Crippen molar-refractivity contribution in [3.05, 3.63) is 47.9 Å². The third-order valence-corrected chi connectivity index (χ3v) is 5.78. The standard InChI is InChI=1S/C22H24FN5O2/c1-15-12-21(26-7-9-27(10-8-26)22(29)19-6-3-11-30-19)28-20(24-15)14-18(25-28)16-4-2-5-17(23)13-16/h2,4-5,12-14,19H,3,6-11H2,1H3/t19-/m0/s1. The number of amides is 1. The Morgan fingerprint density at radius 1 is 1.17 bits per heavy atom. The van der Waals surface area contributed by atoms with E-state index in [-0.39, 0.29) is 17.8 Å². The van der Waals surface area contributed by atoms with Crippen LogP contribution in [0.2, 0.25) is 0 Å². The van der Waals surface area contributed by atoms with Crippen LogP contribution in [0.25, 0.3) is 16.9 Å². The highest BCUT2D eigenvalue weighted by atomic mass is 19.1. The summed E-state index contributed by atoms with van der Waals surface area (Å²) in [6.07, 6.45) is 1.50. The summed E-state index contributed by atoms with van der Waals surface area (Å²) in [5, 5.41) is 4.70. The minimum Gasteiger partial charge on any atom is -0.368 e. The zero-order chi connectivity index (χ0) is 20.7. The zero-order valence-corrected chi connectivity index (χ0v) is 16.9. The minimum atomic E-state index is -0.291. The molecule has 0 bridgehead atoms. The molecule has 2 aliphatic heterocycles. The lowest BCUT2D eigenvalue weighted by Gasteiger charge is -2.36. The summed E-state index contributed by atoms with van der Waals surface area (Å²) in [4.78, 5) is 21.3. The Morgan fingerprint density at radius 3 is 2.73 bits per heavy atom. The third-order valence-electron chi connectivity index (χ3n) is 5.78. The third kappa shape index (κ3) is 3.52. The van der Waals surface area contributed by atoms with Crippen LogP contribution < -0.4 is 4.90 Å². The van der Waals surface area contributed by atoms with Crippen molar-refractivity contribution in [3.63, 3.8) is 0 Å². The number of aryl methyl sites for hydroxylation is 1. The molecule has 0 N–H and O–H groups in total. The number of anilines is 1. The molecule has 2 aliphatic rings. The van der Waals surface area contributed by atoms with Crippen LogP contribution in [0.15, 0.2) is 36.4 Å². The average Bonchev–Trinajstić information content (AvgIpc) is 3.43. The van der Waals surface area contributed by atoms with Crippen LogP contribution >= 0.6 is 0 Å². The fraction of sp³-hybridized carbons (Fsp3) is 0.409. The number of halogens is 1. The molecular formula is C22H24FN5O2. The molecule has 0 radical (unpaired) electrons. The van der Waals surface area contributed by atoms with Crippen LogP contribution in [0.4, 0.5) is 10.2 Å². The molecular weight excluding hydrogens is 385 g/mol. The number of carbonyl (C=O) groups is 1. The van der Waals surface area contributed by atoms with Crippen molar-refractivity contribution in [2.75, 3.05) is 37.7 Å². The fourth-order valence-corrected chi connectivity index (χ4v) is 4.23. The summed E-state index contributed by atoms with van der Waals surface area (Å²) in [6, 6.07) is 10.3. The first-order valence-electron chi connectivity index (χ1n) is 10.4. The minimum absolute atomic E-state index is 0.107. The van der Waals surface area contributed by atoms with Gasteiger partial charge in [-0.1, -0.05) is 12.1 Å². The number of piperazine rings is 1. The van der Waals surface area contributed by atoms with E-state index in [9.17, 15) is 9.18 Å².